The molecule has 1 radical (unpaired) electrons. The summed E-state index contributed by atoms with van der Waals surface area (Å²) < 4.78 is 0. The maximum atomic E-state index is 4.44. The monoisotopic (exact) mass is 161 g/mol. The first-order chi connectivity index (χ1) is 5.93. The fourth-order valence-corrected chi connectivity index (χ4v) is 2.36. The van der Waals surface area contributed by atoms with Crippen molar-refractivity contribution in [3.05, 3.63) is 23.9 Å². The largest absolute Gasteiger partial charge is 0.371 e. The maximum absolute atomic E-state index is 4.44. The van der Waals surface area contributed by atoms with Crippen LogP contribution in [0.4, 0.5) is 0 Å². The van der Waals surface area contributed by atoms with Crippen LogP contribution in [0.2, 0.25) is 0 Å². The van der Waals surface area contributed by atoms with E-state index < -0.39 is 0 Å². The molecule has 12 heavy (non-hydrogen) atoms. The van der Waals surface area contributed by atoms with Gasteiger partial charge in [-0.3, -0.25) is 0 Å². The molecule has 1 aliphatic carbocycles. The summed E-state index contributed by atoms with van der Waals surface area (Å²) in [4.78, 5) is 2.50. The van der Waals surface area contributed by atoms with Gasteiger partial charge in [0.25, 0.3) is 0 Å². The molecule has 3 rings (SSSR count). The van der Waals surface area contributed by atoms with E-state index in [1.54, 1.807) is 0 Å². The average Bonchev–Trinajstić information content (AvgIpc) is 2.40. The smallest absolute Gasteiger partial charge is 0.0366 e. The summed E-state index contributed by atoms with van der Waals surface area (Å²) in [7, 11) is 0. The molecule has 0 spiro atoms. The summed E-state index contributed by atoms with van der Waals surface area (Å²) in [5, 5.41) is 4.44. The Labute approximate surface area is 72.9 Å². The van der Waals surface area contributed by atoms with Crippen molar-refractivity contribution in [2.45, 2.75) is 0 Å². The van der Waals surface area contributed by atoms with Crippen LogP contribution >= 0.6 is 0 Å². The van der Waals surface area contributed by atoms with E-state index in [4.69, 9.17) is 0 Å². The lowest BCUT2D eigenvalue weighted by molar-refractivity contribution is 0.398. The topological polar surface area (TPSA) is 17.3 Å². The van der Waals surface area contributed by atoms with Crippen LogP contribution in [0.5, 0.6) is 0 Å². The highest BCUT2D eigenvalue weighted by Crippen LogP contribution is 2.31. The number of rotatable bonds is 1. The van der Waals surface area contributed by atoms with Gasteiger partial charge in [0.1, 0.15) is 0 Å². The van der Waals surface area contributed by atoms with Crippen LogP contribution < -0.4 is 5.32 Å². The number of allylic oxidation sites excluding steroid dienone is 3. The third-order valence-corrected chi connectivity index (χ3v) is 3.20. The lowest BCUT2D eigenvalue weighted by atomic mass is 10.0. The summed E-state index contributed by atoms with van der Waals surface area (Å²) in [6.07, 6.45) is 6.53. The molecule has 2 aliphatic heterocycles. The molecule has 3 aliphatic rings. The molecular formula is C10H13N2. The predicted octanol–water partition coefficient (Wildman–Crippen LogP) is 0.606. The van der Waals surface area contributed by atoms with Gasteiger partial charge in [0.2, 0.25) is 0 Å². The summed E-state index contributed by atoms with van der Waals surface area (Å²) in [5.74, 6) is 1.72. The van der Waals surface area contributed by atoms with Crippen LogP contribution in [-0.4, -0.2) is 31.1 Å². The average molecular weight is 161 g/mol. The molecule has 2 heteroatoms. The van der Waals surface area contributed by atoms with E-state index in [1.807, 2.05) is 0 Å². The molecule has 2 saturated heterocycles. The minimum absolute atomic E-state index is 0.861. The molecule has 0 amide bonds. The van der Waals surface area contributed by atoms with E-state index in [2.05, 4.69) is 28.4 Å². The fraction of sp³-hybridized carbons (Fsp3) is 0.600. The highest BCUT2D eigenvalue weighted by atomic mass is 15.2. The third kappa shape index (κ3) is 0.845. The number of fused-ring (bicyclic) bond motifs is 1. The molecule has 0 N–H and O–H groups in total. The molecule has 2 atom stereocenters. The summed E-state index contributed by atoms with van der Waals surface area (Å²) in [6.45, 7) is 4.70. The number of hydrogen-bond donors (Lipinski definition) is 0. The van der Waals surface area contributed by atoms with Crippen molar-refractivity contribution in [2.75, 3.05) is 26.2 Å². The van der Waals surface area contributed by atoms with Gasteiger partial charge in [-0.05, 0) is 24.0 Å². The van der Waals surface area contributed by atoms with Gasteiger partial charge in [-0.2, -0.15) is 0 Å². The van der Waals surface area contributed by atoms with Crippen molar-refractivity contribution in [1.82, 2.24) is 10.2 Å². The molecule has 2 unspecified atom stereocenters. The molecule has 0 aromatic heterocycles. The predicted molar refractivity (Wildman–Crippen MR) is 47.6 cm³/mol. The van der Waals surface area contributed by atoms with Gasteiger partial charge in [-0.25, -0.2) is 5.32 Å². The number of likely N-dealkylation sites (tertiary alicyclic amines) is 1. The van der Waals surface area contributed by atoms with Crippen LogP contribution in [0.25, 0.3) is 0 Å². The van der Waals surface area contributed by atoms with Gasteiger partial charge < -0.3 is 4.90 Å². The SMILES string of the molecule is C1=CC(N2CC3C[N]CC3C2)=C1. The molecule has 0 aromatic carbocycles. The van der Waals surface area contributed by atoms with Crippen LogP contribution in [0, 0.1) is 11.8 Å². The van der Waals surface area contributed by atoms with E-state index >= 15 is 0 Å². The second-order valence-corrected chi connectivity index (χ2v) is 3.96. The van der Waals surface area contributed by atoms with Crippen LogP contribution in [-0.2, 0) is 0 Å². The maximum Gasteiger partial charge on any atom is 0.0366 e. The number of nitrogens with zero attached hydrogens (tertiary/aromatic N) is 2. The zero-order chi connectivity index (χ0) is 7.97. The second kappa shape index (κ2) is 2.36. The first-order valence-electron chi connectivity index (χ1n) is 4.70. The summed E-state index contributed by atoms with van der Waals surface area (Å²) >= 11 is 0. The Hall–Kier alpha value is -0.760. The highest BCUT2D eigenvalue weighted by molar-refractivity contribution is 5.34. The van der Waals surface area contributed by atoms with E-state index in [9.17, 15) is 0 Å². The van der Waals surface area contributed by atoms with Gasteiger partial charge in [0, 0.05) is 31.9 Å². The van der Waals surface area contributed by atoms with Crippen LogP contribution in [0.15, 0.2) is 23.9 Å². The Morgan fingerprint density at radius 2 is 1.92 bits per heavy atom. The molecule has 2 nitrogen and oxygen atoms in total. The molecular weight excluding hydrogens is 148 g/mol. The molecule has 2 heterocycles. The highest BCUT2D eigenvalue weighted by Gasteiger charge is 2.37. The van der Waals surface area contributed by atoms with Crippen molar-refractivity contribution in [2.24, 2.45) is 11.8 Å². The Balaban J connectivity index is 1.71. The van der Waals surface area contributed by atoms with E-state index in [0.29, 0.717) is 0 Å². The summed E-state index contributed by atoms with van der Waals surface area (Å²) in [5.41, 5.74) is 1.43. The molecule has 0 bridgehead atoms. The van der Waals surface area contributed by atoms with Crippen molar-refractivity contribution in [3.8, 4) is 0 Å². The normalized spacial score (nSPS) is 38.0. The van der Waals surface area contributed by atoms with Gasteiger partial charge >= 0.3 is 0 Å². The van der Waals surface area contributed by atoms with Gasteiger partial charge in [-0.1, -0.05) is 6.08 Å². The van der Waals surface area contributed by atoms with Gasteiger partial charge in [-0.15, -0.1) is 0 Å². The van der Waals surface area contributed by atoms with Crippen molar-refractivity contribution >= 4 is 0 Å². The van der Waals surface area contributed by atoms with Crippen molar-refractivity contribution in [3.63, 3.8) is 0 Å². The Morgan fingerprint density at radius 1 is 1.25 bits per heavy atom. The standard InChI is InChI=1S/C10H13N2/c1-2-10(3-1)12-6-8-4-11-5-9(8)7-12/h1-3,8-9H,4-7H2. The fourth-order valence-electron chi connectivity index (χ4n) is 2.36. The lowest BCUT2D eigenvalue weighted by Crippen LogP contribution is -2.24. The second-order valence-electron chi connectivity index (χ2n) is 3.96. The minimum atomic E-state index is 0.861. The van der Waals surface area contributed by atoms with Gasteiger partial charge in [0.05, 0.1) is 0 Å². The minimum Gasteiger partial charge on any atom is -0.371 e. The van der Waals surface area contributed by atoms with Crippen molar-refractivity contribution < 1.29 is 0 Å². The molecule has 0 aromatic rings. The van der Waals surface area contributed by atoms with Crippen LogP contribution in [0.1, 0.15) is 0 Å². The van der Waals surface area contributed by atoms with E-state index in [0.717, 1.165) is 24.9 Å². The van der Waals surface area contributed by atoms with Crippen LogP contribution in [0.3, 0.4) is 0 Å². The Bertz CT molecular complexity index is 243. The lowest BCUT2D eigenvalue weighted by Gasteiger charge is -2.23. The zero-order valence-corrected chi connectivity index (χ0v) is 7.11. The molecule has 63 valence electrons. The third-order valence-electron chi connectivity index (χ3n) is 3.20. The van der Waals surface area contributed by atoms with E-state index in [-0.39, 0.29) is 0 Å². The first-order valence-corrected chi connectivity index (χ1v) is 4.70. The summed E-state index contributed by atoms with van der Waals surface area (Å²) in [6, 6.07) is 0. The Kier molecular flexibility index (Phi) is 1.32. The van der Waals surface area contributed by atoms with E-state index in [1.165, 1.54) is 18.8 Å². The first kappa shape index (κ1) is 6.72. The quantitative estimate of drug-likeness (QED) is 0.550. The zero-order valence-electron chi connectivity index (χ0n) is 7.11. The molecule has 2 fully saturated rings. The van der Waals surface area contributed by atoms with Gasteiger partial charge in [0.15, 0.2) is 0 Å². The van der Waals surface area contributed by atoms with Crippen molar-refractivity contribution in [1.29, 1.82) is 0 Å². The number of hydrogen-bond acceptors (Lipinski definition) is 1. The molecule has 0 saturated carbocycles. The Morgan fingerprint density at radius 3 is 2.42 bits per heavy atom.